The summed E-state index contributed by atoms with van der Waals surface area (Å²) in [4.78, 5) is 18.3. The van der Waals surface area contributed by atoms with Crippen molar-refractivity contribution in [2.24, 2.45) is 5.92 Å². The minimum Gasteiger partial charge on any atom is -0.336 e. The fourth-order valence-corrected chi connectivity index (χ4v) is 3.08. The summed E-state index contributed by atoms with van der Waals surface area (Å²) in [5.74, 6) is -0.699. The van der Waals surface area contributed by atoms with E-state index < -0.39 is 9.84 Å². The van der Waals surface area contributed by atoms with Crippen molar-refractivity contribution in [3.63, 3.8) is 0 Å². The van der Waals surface area contributed by atoms with Crippen LogP contribution in [-0.4, -0.2) is 48.0 Å². The zero-order valence-electron chi connectivity index (χ0n) is 13.2. The summed E-state index contributed by atoms with van der Waals surface area (Å²) >= 11 is 0. The number of sulfone groups is 1. The lowest BCUT2D eigenvalue weighted by Crippen LogP contribution is -2.34. The van der Waals surface area contributed by atoms with E-state index in [0.717, 1.165) is 6.26 Å². The van der Waals surface area contributed by atoms with Crippen LogP contribution in [0.5, 0.6) is 0 Å². The molecule has 2 aromatic heterocycles. The number of carbonyl (C=O) groups is 1. The molecule has 0 aromatic carbocycles. The highest BCUT2D eigenvalue weighted by Crippen LogP contribution is 2.19. The predicted octanol–water partition coefficient (Wildman–Crippen LogP) is 1.36. The van der Waals surface area contributed by atoms with E-state index in [9.17, 15) is 13.2 Å². The van der Waals surface area contributed by atoms with Crippen molar-refractivity contribution in [3.8, 4) is 6.07 Å². The molecule has 0 N–H and O–H groups in total. The number of nitriles is 1. The molecule has 0 saturated carbocycles. The monoisotopic (exact) mass is 334 g/mol. The Morgan fingerprint density at radius 1 is 1.48 bits per heavy atom. The fraction of sp³-hybridized carbons (Fsp3) is 0.400. The predicted molar refractivity (Wildman–Crippen MR) is 84.7 cm³/mol. The normalized spacial score (nSPS) is 12.8. The van der Waals surface area contributed by atoms with Crippen LogP contribution in [0.1, 0.15) is 24.3 Å². The summed E-state index contributed by atoms with van der Waals surface area (Å²) in [6, 6.07) is 7.13. The van der Waals surface area contributed by atoms with Crippen molar-refractivity contribution in [1.82, 2.24) is 14.3 Å². The Labute approximate surface area is 135 Å². The van der Waals surface area contributed by atoms with Gasteiger partial charge in [-0.3, -0.25) is 9.20 Å². The van der Waals surface area contributed by atoms with Crippen LogP contribution < -0.4 is 0 Å². The third-order valence-electron chi connectivity index (χ3n) is 3.43. The zero-order chi connectivity index (χ0) is 17.2. The van der Waals surface area contributed by atoms with Crippen LogP contribution in [0.4, 0.5) is 0 Å². The lowest BCUT2D eigenvalue weighted by Gasteiger charge is -2.21. The van der Waals surface area contributed by atoms with Gasteiger partial charge in [-0.25, -0.2) is 13.4 Å². The molecule has 2 heterocycles. The third kappa shape index (κ3) is 3.35. The number of nitrogens with zero attached hydrogens (tertiary/aromatic N) is 4. The molecule has 0 spiro atoms. The standard InChI is InChI=1S/C15H18N4O3S/c1-4-18(10-11(2)9-16)14(20)13-12-7-5-6-8-19(12)15(17-13)23(3,21)22/h5-8,11H,4,10H2,1-3H3. The van der Waals surface area contributed by atoms with Gasteiger partial charge in [0.05, 0.1) is 17.5 Å². The molecule has 0 saturated heterocycles. The molecular weight excluding hydrogens is 316 g/mol. The Kier molecular flexibility index (Phi) is 4.71. The second-order valence-corrected chi connectivity index (χ2v) is 7.25. The minimum atomic E-state index is -3.57. The molecule has 2 aromatic rings. The summed E-state index contributed by atoms with van der Waals surface area (Å²) < 4.78 is 25.2. The minimum absolute atomic E-state index is 0.0815. The van der Waals surface area contributed by atoms with E-state index in [1.54, 1.807) is 38.2 Å². The maximum absolute atomic E-state index is 12.7. The van der Waals surface area contributed by atoms with Crippen molar-refractivity contribution in [3.05, 3.63) is 30.1 Å². The van der Waals surface area contributed by atoms with Crippen LogP contribution in [0.2, 0.25) is 0 Å². The van der Waals surface area contributed by atoms with Crippen LogP contribution in [-0.2, 0) is 9.84 Å². The Morgan fingerprint density at radius 3 is 2.74 bits per heavy atom. The first-order chi connectivity index (χ1) is 10.8. The first kappa shape index (κ1) is 17.0. The SMILES string of the molecule is CCN(CC(C)C#N)C(=O)c1nc(S(C)(=O)=O)n2ccccc12. The number of pyridine rings is 1. The van der Waals surface area contributed by atoms with Gasteiger partial charge in [0, 0.05) is 25.5 Å². The molecule has 0 fully saturated rings. The number of hydrogen-bond acceptors (Lipinski definition) is 5. The van der Waals surface area contributed by atoms with Gasteiger partial charge in [-0.05, 0) is 26.0 Å². The van der Waals surface area contributed by atoms with Gasteiger partial charge in [0.2, 0.25) is 15.0 Å². The van der Waals surface area contributed by atoms with Gasteiger partial charge in [0.1, 0.15) is 0 Å². The smallest absolute Gasteiger partial charge is 0.274 e. The first-order valence-electron chi connectivity index (χ1n) is 7.15. The molecule has 1 unspecified atom stereocenters. The van der Waals surface area contributed by atoms with E-state index in [-0.39, 0.29) is 29.2 Å². The molecule has 7 nitrogen and oxygen atoms in total. The van der Waals surface area contributed by atoms with E-state index in [2.05, 4.69) is 11.1 Å². The van der Waals surface area contributed by atoms with Gasteiger partial charge < -0.3 is 4.90 Å². The van der Waals surface area contributed by atoms with Crippen molar-refractivity contribution < 1.29 is 13.2 Å². The van der Waals surface area contributed by atoms with E-state index >= 15 is 0 Å². The van der Waals surface area contributed by atoms with Crippen LogP contribution in [0.25, 0.3) is 5.52 Å². The van der Waals surface area contributed by atoms with Crippen molar-refractivity contribution in [1.29, 1.82) is 5.26 Å². The molecule has 2 rings (SSSR count). The van der Waals surface area contributed by atoms with Crippen molar-refractivity contribution in [2.45, 2.75) is 19.0 Å². The van der Waals surface area contributed by atoms with Gasteiger partial charge in [0.25, 0.3) is 5.91 Å². The Bertz CT molecular complexity index is 880. The van der Waals surface area contributed by atoms with E-state index in [1.165, 1.54) is 9.30 Å². The molecule has 122 valence electrons. The highest BCUT2D eigenvalue weighted by Gasteiger charge is 2.26. The van der Waals surface area contributed by atoms with Crippen LogP contribution in [0.3, 0.4) is 0 Å². The topological polar surface area (TPSA) is 95.5 Å². The summed E-state index contributed by atoms with van der Waals surface area (Å²) in [5.41, 5.74) is 0.513. The van der Waals surface area contributed by atoms with Gasteiger partial charge in [-0.2, -0.15) is 5.26 Å². The molecule has 1 amide bonds. The number of hydrogen-bond donors (Lipinski definition) is 0. The lowest BCUT2D eigenvalue weighted by atomic mass is 10.2. The third-order valence-corrected chi connectivity index (χ3v) is 4.39. The van der Waals surface area contributed by atoms with Gasteiger partial charge >= 0.3 is 0 Å². The highest BCUT2D eigenvalue weighted by atomic mass is 32.2. The zero-order valence-corrected chi connectivity index (χ0v) is 14.0. The summed E-state index contributed by atoms with van der Waals surface area (Å²) in [7, 11) is -3.57. The molecule has 23 heavy (non-hydrogen) atoms. The van der Waals surface area contributed by atoms with Gasteiger partial charge in [-0.15, -0.1) is 0 Å². The van der Waals surface area contributed by atoms with Crippen molar-refractivity contribution in [2.75, 3.05) is 19.3 Å². The molecule has 0 aliphatic heterocycles. The highest BCUT2D eigenvalue weighted by molar-refractivity contribution is 7.90. The van der Waals surface area contributed by atoms with Crippen molar-refractivity contribution >= 4 is 21.3 Å². The number of fused-ring (bicyclic) bond motifs is 1. The molecule has 1 atom stereocenters. The van der Waals surface area contributed by atoms with Crippen LogP contribution in [0.15, 0.2) is 29.6 Å². The summed E-state index contributed by atoms with van der Waals surface area (Å²) in [6.07, 6.45) is 2.61. The molecule has 8 heteroatoms. The number of rotatable bonds is 5. The average molecular weight is 334 g/mol. The maximum atomic E-state index is 12.7. The average Bonchev–Trinajstić information content (AvgIpc) is 2.91. The Hall–Kier alpha value is -2.40. The molecule has 0 aliphatic carbocycles. The first-order valence-corrected chi connectivity index (χ1v) is 9.04. The number of carbonyl (C=O) groups excluding carboxylic acids is 1. The second kappa shape index (κ2) is 6.38. The summed E-state index contributed by atoms with van der Waals surface area (Å²) in [5, 5.41) is 8.76. The molecular formula is C15H18N4O3S. The van der Waals surface area contributed by atoms with E-state index in [1.807, 2.05) is 0 Å². The number of imidazole rings is 1. The molecule has 0 radical (unpaired) electrons. The molecule has 0 aliphatic rings. The van der Waals surface area contributed by atoms with Crippen LogP contribution >= 0.6 is 0 Å². The van der Waals surface area contributed by atoms with E-state index in [4.69, 9.17) is 5.26 Å². The lowest BCUT2D eigenvalue weighted by molar-refractivity contribution is 0.0749. The number of amides is 1. The maximum Gasteiger partial charge on any atom is 0.274 e. The van der Waals surface area contributed by atoms with Gasteiger partial charge in [-0.1, -0.05) is 6.07 Å². The Morgan fingerprint density at radius 2 is 2.17 bits per heavy atom. The number of aromatic nitrogens is 2. The van der Waals surface area contributed by atoms with Crippen LogP contribution in [0, 0.1) is 17.2 Å². The quantitative estimate of drug-likeness (QED) is 0.822. The fourth-order valence-electron chi connectivity index (χ4n) is 2.31. The Balaban J connectivity index is 2.55. The molecule has 0 bridgehead atoms. The van der Waals surface area contributed by atoms with Gasteiger partial charge in [0.15, 0.2) is 5.69 Å². The van der Waals surface area contributed by atoms with E-state index in [0.29, 0.717) is 12.1 Å². The largest absolute Gasteiger partial charge is 0.336 e. The summed E-state index contributed by atoms with van der Waals surface area (Å²) in [6.45, 7) is 4.21. The second-order valence-electron chi connectivity index (χ2n) is 5.34.